The first-order valence-corrected chi connectivity index (χ1v) is 14.3. The van der Waals surface area contributed by atoms with E-state index in [0.717, 1.165) is 16.7 Å². The molecular formula is C36H31FN4O3. The van der Waals surface area contributed by atoms with Crippen LogP contribution in [0.2, 0.25) is 0 Å². The van der Waals surface area contributed by atoms with Crippen molar-refractivity contribution in [2.45, 2.75) is 18.6 Å². The highest BCUT2D eigenvalue weighted by atomic mass is 19.1. The van der Waals surface area contributed by atoms with E-state index < -0.39 is 35.4 Å². The minimum atomic E-state index is -0.751. The molecule has 7 nitrogen and oxygen atoms in total. The van der Waals surface area contributed by atoms with Crippen molar-refractivity contribution in [1.29, 1.82) is 0 Å². The molecule has 0 bridgehead atoms. The molecule has 8 heteroatoms. The van der Waals surface area contributed by atoms with E-state index in [2.05, 4.69) is 41.7 Å². The number of nitrogens with two attached hydrogens (primary N) is 1. The number of amides is 2. The average Bonchev–Trinajstić information content (AvgIpc) is 3.46. The molecule has 220 valence electrons. The Hall–Kier alpha value is -5.50. The number of rotatable bonds is 9. The van der Waals surface area contributed by atoms with Crippen LogP contribution in [0.3, 0.4) is 0 Å². The van der Waals surface area contributed by atoms with Gasteiger partial charge < -0.3 is 15.8 Å². The number of aromatic nitrogens is 1. The molecule has 1 aliphatic rings. The standard InChI is InChI=1S/C36H31FN4O3/c1-24(34(38)42)32-23-41(35(43)44-32)29-18-19-30(31(37)21-29)25-17-20-33(39-22-25)40-36(26-11-5-2-6-12-26,27-13-7-3-8-14-27)28-15-9-4-10-16-28/h2-22,24,32H,23H2,1H3,(H2,38,42)(H,39,40)/t24-,32?/m0/s1. The van der Waals surface area contributed by atoms with Gasteiger partial charge in [0.05, 0.1) is 18.2 Å². The third-order valence-corrected chi connectivity index (χ3v) is 8.12. The van der Waals surface area contributed by atoms with Crippen LogP contribution in [0.5, 0.6) is 0 Å². The maximum atomic E-state index is 15.4. The third kappa shape index (κ3) is 5.38. The van der Waals surface area contributed by atoms with Gasteiger partial charge in [-0.3, -0.25) is 9.69 Å². The van der Waals surface area contributed by atoms with Gasteiger partial charge in [0.15, 0.2) is 0 Å². The van der Waals surface area contributed by atoms with Gasteiger partial charge in [0, 0.05) is 17.3 Å². The number of anilines is 2. The summed E-state index contributed by atoms with van der Waals surface area (Å²) in [6.45, 7) is 1.71. The summed E-state index contributed by atoms with van der Waals surface area (Å²) < 4.78 is 20.7. The summed E-state index contributed by atoms with van der Waals surface area (Å²) >= 11 is 0. The second kappa shape index (κ2) is 12.0. The number of halogens is 1. The fourth-order valence-corrected chi connectivity index (χ4v) is 5.65. The molecule has 5 aromatic rings. The Labute approximate surface area is 255 Å². The second-order valence-electron chi connectivity index (χ2n) is 10.8. The number of benzene rings is 4. The van der Waals surface area contributed by atoms with Crippen molar-refractivity contribution in [2.24, 2.45) is 11.7 Å². The molecule has 2 amide bonds. The molecule has 6 rings (SSSR count). The van der Waals surface area contributed by atoms with E-state index in [-0.39, 0.29) is 6.54 Å². The fourth-order valence-electron chi connectivity index (χ4n) is 5.65. The lowest BCUT2D eigenvalue weighted by atomic mass is 9.77. The van der Waals surface area contributed by atoms with Crippen molar-refractivity contribution in [3.63, 3.8) is 0 Å². The van der Waals surface area contributed by atoms with Gasteiger partial charge in [-0.2, -0.15) is 0 Å². The first kappa shape index (κ1) is 28.6. The lowest BCUT2D eigenvalue weighted by molar-refractivity contribution is -0.123. The van der Waals surface area contributed by atoms with Crippen molar-refractivity contribution in [3.8, 4) is 11.1 Å². The number of primary amides is 1. The van der Waals surface area contributed by atoms with Crippen LogP contribution in [0.25, 0.3) is 11.1 Å². The Bertz CT molecular complexity index is 1670. The lowest BCUT2D eigenvalue weighted by Gasteiger charge is -2.37. The SMILES string of the molecule is C[C@H](C(N)=O)C1CN(c2ccc(-c3ccc(NC(c4ccccc4)(c4ccccc4)c4ccccc4)nc3)c(F)c2)C(=O)O1. The van der Waals surface area contributed by atoms with E-state index in [9.17, 15) is 9.59 Å². The first-order valence-electron chi connectivity index (χ1n) is 14.3. The third-order valence-electron chi connectivity index (χ3n) is 8.12. The number of nitrogens with zero attached hydrogens (tertiary/aromatic N) is 2. The predicted octanol–water partition coefficient (Wildman–Crippen LogP) is 6.74. The Kier molecular flexibility index (Phi) is 7.81. The van der Waals surface area contributed by atoms with Crippen LogP contribution in [-0.4, -0.2) is 29.6 Å². The smallest absolute Gasteiger partial charge is 0.414 e. The molecular weight excluding hydrogens is 555 g/mol. The Balaban J connectivity index is 1.31. The number of pyridine rings is 1. The van der Waals surface area contributed by atoms with Gasteiger partial charge in [0.25, 0.3) is 0 Å². The van der Waals surface area contributed by atoms with Crippen LogP contribution in [-0.2, 0) is 15.1 Å². The molecule has 0 saturated carbocycles. The Morgan fingerprint density at radius 2 is 1.48 bits per heavy atom. The number of carbonyl (C=O) groups is 2. The van der Waals surface area contributed by atoms with Gasteiger partial charge in [-0.1, -0.05) is 91.0 Å². The summed E-state index contributed by atoms with van der Waals surface area (Å²) in [5.41, 5.74) is 8.98. The van der Waals surface area contributed by atoms with E-state index in [1.165, 1.54) is 11.0 Å². The van der Waals surface area contributed by atoms with Crippen molar-refractivity contribution in [2.75, 3.05) is 16.8 Å². The van der Waals surface area contributed by atoms with Crippen molar-refractivity contribution in [1.82, 2.24) is 4.98 Å². The van der Waals surface area contributed by atoms with Gasteiger partial charge in [-0.15, -0.1) is 0 Å². The van der Waals surface area contributed by atoms with Gasteiger partial charge >= 0.3 is 6.09 Å². The molecule has 1 fully saturated rings. The van der Waals surface area contributed by atoms with Gasteiger partial charge in [0.2, 0.25) is 5.91 Å². The topological polar surface area (TPSA) is 97.5 Å². The number of ether oxygens (including phenoxy) is 1. The number of nitrogens with one attached hydrogen (secondary N) is 1. The summed E-state index contributed by atoms with van der Waals surface area (Å²) in [4.78, 5) is 30.0. The second-order valence-corrected chi connectivity index (χ2v) is 10.8. The van der Waals surface area contributed by atoms with Gasteiger partial charge in [-0.05, 0) is 53.9 Å². The maximum Gasteiger partial charge on any atom is 0.414 e. The summed E-state index contributed by atoms with van der Waals surface area (Å²) in [6, 6.07) is 38.8. The summed E-state index contributed by atoms with van der Waals surface area (Å²) in [6.07, 6.45) is 0.286. The largest absolute Gasteiger partial charge is 0.443 e. The molecule has 1 unspecified atom stereocenters. The molecule has 1 aromatic heterocycles. The summed E-state index contributed by atoms with van der Waals surface area (Å²) in [5.74, 6) is -1.13. The summed E-state index contributed by atoms with van der Waals surface area (Å²) in [7, 11) is 0. The van der Waals surface area contributed by atoms with Gasteiger partial charge in [0.1, 0.15) is 23.3 Å². The Morgan fingerprint density at radius 3 is 1.95 bits per heavy atom. The van der Waals surface area contributed by atoms with E-state index in [1.54, 1.807) is 25.3 Å². The molecule has 0 spiro atoms. The summed E-state index contributed by atoms with van der Waals surface area (Å²) in [5, 5.41) is 3.71. The fraction of sp³-hybridized carbons (Fsp3) is 0.139. The minimum Gasteiger partial charge on any atom is -0.443 e. The molecule has 44 heavy (non-hydrogen) atoms. The van der Waals surface area contributed by atoms with Crippen LogP contribution < -0.4 is 16.0 Å². The number of cyclic esters (lactones) is 1. The highest BCUT2D eigenvalue weighted by molar-refractivity contribution is 5.91. The monoisotopic (exact) mass is 586 g/mol. The number of hydrogen-bond acceptors (Lipinski definition) is 5. The molecule has 4 aromatic carbocycles. The zero-order chi connectivity index (χ0) is 30.7. The van der Waals surface area contributed by atoms with Gasteiger partial charge in [-0.25, -0.2) is 14.2 Å². The van der Waals surface area contributed by atoms with Crippen LogP contribution in [0.1, 0.15) is 23.6 Å². The normalized spacial score (nSPS) is 15.5. The quantitative estimate of drug-likeness (QED) is 0.187. The van der Waals surface area contributed by atoms with Crippen LogP contribution >= 0.6 is 0 Å². The molecule has 0 radical (unpaired) electrons. The van der Waals surface area contributed by atoms with Crippen molar-refractivity contribution < 1.29 is 18.7 Å². The van der Waals surface area contributed by atoms with E-state index >= 15 is 4.39 Å². The molecule has 2 heterocycles. The lowest BCUT2D eigenvalue weighted by Crippen LogP contribution is -2.38. The molecule has 0 aliphatic carbocycles. The molecule has 1 saturated heterocycles. The zero-order valence-electron chi connectivity index (χ0n) is 24.1. The zero-order valence-corrected chi connectivity index (χ0v) is 24.1. The first-order chi connectivity index (χ1) is 21.4. The highest BCUT2D eigenvalue weighted by Crippen LogP contribution is 2.40. The number of carbonyl (C=O) groups excluding carboxylic acids is 2. The Morgan fingerprint density at radius 1 is 0.909 bits per heavy atom. The predicted molar refractivity (Wildman–Crippen MR) is 168 cm³/mol. The minimum absolute atomic E-state index is 0.107. The molecule has 3 N–H and O–H groups in total. The maximum absolute atomic E-state index is 15.4. The van der Waals surface area contributed by atoms with E-state index in [4.69, 9.17) is 15.5 Å². The van der Waals surface area contributed by atoms with Crippen molar-refractivity contribution in [3.05, 3.63) is 150 Å². The number of hydrogen-bond donors (Lipinski definition) is 2. The van der Waals surface area contributed by atoms with Crippen LogP contribution in [0.15, 0.2) is 128 Å². The van der Waals surface area contributed by atoms with Crippen LogP contribution in [0.4, 0.5) is 20.7 Å². The van der Waals surface area contributed by atoms with E-state index in [0.29, 0.717) is 22.6 Å². The highest BCUT2D eigenvalue weighted by Gasteiger charge is 2.38. The molecule has 1 aliphatic heterocycles. The average molecular weight is 587 g/mol. The van der Waals surface area contributed by atoms with Crippen molar-refractivity contribution >= 4 is 23.5 Å². The van der Waals surface area contributed by atoms with E-state index in [1.807, 2.05) is 66.7 Å². The molecule has 2 atom stereocenters. The van der Waals surface area contributed by atoms with Crippen LogP contribution in [0, 0.1) is 11.7 Å².